The lowest BCUT2D eigenvalue weighted by molar-refractivity contribution is 0.0887. The van der Waals surface area contributed by atoms with E-state index in [1.165, 1.54) is 12.1 Å². The molecular formula is C12H13BrFNO. The predicted octanol–water partition coefficient (Wildman–Crippen LogP) is 3.04. The summed E-state index contributed by atoms with van der Waals surface area (Å²) >= 11 is 3.23. The van der Waals surface area contributed by atoms with Gasteiger partial charge >= 0.3 is 0 Å². The van der Waals surface area contributed by atoms with Crippen molar-refractivity contribution >= 4 is 21.7 Å². The van der Waals surface area contributed by atoms with E-state index in [4.69, 9.17) is 5.73 Å². The van der Waals surface area contributed by atoms with Gasteiger partial charge in [0.15, 0.2) is 5.78 Å². The zero-order valence-corrected chi connectivity index (χ0v) is 10.4. The molecule has 0 radical (unpaired) electrons. The molecule has 2 nitrogen and oxygen atoms in total. The molecule has 2 N–H and O–H groups in total. The summed E-state index contributed by atoms with van der Waals surface area (Å²) in [6.07, 6.45) is 3.19. The van der Waals surface area contributed by atoms with Gasteiger partial charge in [0.25, 0.3) is 0 Å². The Labute approximate surface area is 102 Å². The van der Waals surface area contributed by atoms with E-state index in [0.29, 0.717) is 17.3 Å². The van der Waals surface area contributed by atoms with Gasteiger partial charge in [-0.2, -0.15) is 0 Å². The summed E-state index contributed by atoms with van der Waals surface area (Å²) in [5, 5.41) is 0. The van der Waals surface area contributed by atoms with Gasteiger partial charge in [0, 0.05) is 4.47 Å². The highest BCUT2D eigenvalue weighted by molar-refractivity contribution is 9.10. The highest BCUT2D eigenvalue weighted by Gasteiger charge is 2.38. The zero-order chi connectivity index (χ0) is 11.8. The molecule has 0 bridgehead atoms. The third-order valence-corrected chi connectivity index (χ3v) is 3.61. The minimum absolute atomic E-state index is 0.0961. The first-order valence-corrected chi connectivity index (χ1v) is 6.11. The van der Waals surface area contributed by atoms with Gasteiger partial charge in [-0.05, 0) is 31.0 Å². The second kappa shape index (κ2) is 4.26. The Bertz CT molecular complexity index is 427. The van der Waals surface area contributed by atoms with Crippen molar-refractivity contribution in [2.75, 3.05) is 0 Å². The monoisotopic (exact) mass is 285 g/mol. The third-order valence-electron chi connectivity index (χ3n) is 3.12. The Kier molecular flexibility index (Phi) is 3.13. The van der Waals surface area contributed by atoms with Crippen LogP contribution in [-0.2, 0) is 0 Å². The van der Waals surface area contributed by atoms with Crippen molar-refractivity contribution < 1.29 is 9.18 Å². The molecule has 86 valence electrons. The third kappa shape index (κ3) is 2.04. The lowest BCUT2D eigenvalue weighted by atomic mass is 9.88. The highest BCUT2D eigenvalue weighted by atomic mass is 79.9. The fraction of sp³-hybridized carbons (Fsp3) is 0.417. The summed E-state index contributed by atoms with van der Waals surface area (Å²) < 4.78 is 14.2. The van der Waals surface area contributed by atoms with Gasteiger partial charge in [-0.15, -0.1) is 0 Å². The molecule has 1 aromatic rings. The van der Waals surface area contributed by atoms with Crippen LogP contribution in [0.2, 0.25) is 0 Å². The quantitative estimate of drug-likeness (QED) is 0.849. The first-order valence-electron chi connectivity index (χ1n) is 5.32. The number of hydrogen-bond donors (Lipinski definition) is 1. The van der Waals surface area contributed by atoms with E-state index < -0.39 is 11.4 Å². The lowest BCUT2D eigenvalue weighted by Gasteiger charge is -2.22. The van der Waals surface area contributed by atoms with Crippen molar-refractivity contribution in [3.8, 4) is 0 Å². The molecular weight excluding hydrogens is 273 g/mol. The van der Waals surface area contributed by atoms with E-state index in [1.807, 2.05) is 0 Å². The maximum atomic E-state index is 13.5. The van der Waals surface area contributed by atoms with Crippen LogP contribution in [-0.4, -0.2) is 11.3 Å². The standard InChI is InChI=1S/C12H13BrFNO/c13-8-3-4-10(14)9(7-8)11(16)12(15)5-1-2-6-12/h3-4,7H,1-2,5-6,15H2. The summed E-state index contributed by atoms with van der Waals surface area (Å²) in [6.45, 7) is 0. The van der Waals surface area contributed by atoms with Gasteiger partial charge in [-0.25, -0.2) is 4.39 Å². The summed E-state index contributed by atoms with van der Waals surface area (Å²) in [7, 11) is 0. The SMILES string of the molecule is NC1(C(=O)c2cc(Br)ccc2F)CCCC1. The van der Waals surface area contributed by atoms with Crippen molar-refractivity contribution in [2.45, 2.75) is 31.2 Å². The van der Waals surface area contributed by atoms with E-state index >= 15 is 0 Å². The number of ketones is 1. The summed E-state index contributed by atoms with van der Waals surface area (Å²) in [6, 6.07) is 4.37. The van der Waals surface area contributed by atoms with Crippen molar-refractivity contribution in [3.63, 3.8) is 0 Å². The number of halogens is 2. The Balaban J connectivity index is 2.36. The van der Waals surface area contributed by atoms with Crippen molar-refractivity contribution in [1.82, 2.24) is 0 Å². The van der Waals surface area contributed by atoms with E-state index in [-0.39, 0.29) is 11.3 Å². The van der Waals surface area contributed by atoms with Gasteiger partial charge in [-0.3, -0.25) is 4.79 Å². The zero-order valence-electron chi connectivity index (χ0n) is 8.80. The van der Waals surface area contributed by atoms with Crippen LogP contribution >= 0.6 is 15.9 Å². The average Bonchev–Trinajstić information content (AvgIpc) is 2.69. The molecule has 0 aromatic heterocycles. The first-order chi connectivity index (χ1) is 7.53. The van der Waals surface area contributed by atoms with Crippen LogP contribution in [0.1, 0.15) is 36.0 Å². The smallest absolute Gasteiger partial charge is 0.185 e. The van der Waals surface area contributed by atoms with Gasteiger partial charge in [0.2, 0.25) is 0 Å². The fourth-order valence-electron chi connectivity index (χ4n) is 2.17. The molecule has 0 saturated heterocycles. The number of benzene rings is 1. The highest BCUT2D eigenvalue weighted by Crippen LogP contribution is 2.31. The maximum absolute atomic E-state index is 13.5. The number of carbonyl (C=O) groups excluding carboxylic acids is 1. The predicted molar refractivity (Wildman–Crippen MR) is 63.8 cm³/mol. The second-order valence-corrected chi connectivity index (χ2v) is 5.23. The molecule has 0 atom stereocenters. The average molecular weight is 286 g/mol. The second-order valence-electron chi connectivity index (χ2n) is 4.32. The Morgan fingerprint density at radius 3 is 2.62 bits per heavy atom. The molecule has 1 aliphatic rings. The van der Waals surface area contributed by atoms with Crippen LogP contribution in [0.3, 0.4) is 0 Å². The van der Waals surface area contributed by atoms with Crippen LogP contribution in [0, 0.1) is 5.82 Å². The van der Waals surface area contributed by atoms with Crippen LogP contribution in [0.5, 0.6) is 0 Å². The normalized spacial score (nSPS) is 18.7. The molecule has 2 rings (SSSR count). The number of Topliss-reactive ketones (excluding diaryl/α,β-unsaturated/α-hetero) is 1. The number of carbonyl (C=O) groups is 1. The molecule has 0 heterocycles. The summed E-state index contributed by atoms with van der Waals surface area (Å²) in [4.78, 5) is 12.2. The molecule has 0 spiro atoms. The van der Waals surface area contributed by atoms with Crippen LogP contribution in [0.25, 0.3) is 0 Å². The van der Waals surface area contributed by atoms with Gasteiger partial charge in [-0.1, -0.05) is 28.8 Å². The minimum atomic E-state index is -0.859. The molecule has 0 aliphatic heterocycles. The Morgan fingerprint density at radius 1 is 1.38 bits per heavy atom. The van der Waals surface area contributed by atoms with Crippen molar-refractivity contribution in [1.29, 1.82) is 0 Å². The van der Waals surface area contributed by atoms with Crippen LogP contribution in [0.15, 0.2) is 22.7 Å². The number of hydrogen-bond acceptors (Lipinski definition) is 2. The van der Waals surface area contributed by atoms with Gasteiger partial charge < -0.3 is 5.73 Å². The van der Waals surface area contributed by atoms with Gasteiger partial charge in [0.1, 0.15) is 5.82 Å². The maximum Gasteiger partial charge on any atom is 0.185 e. The number of rotatable bonds is 2. The fourth-order valence-corrected chi connectivity index (χ4v) is 2.53. The van der Waals surface area contributed by atoms with Crippen LogP contribution < -0.4 is 5.73 Å². The van der Waals surface area contributed by atoms with E-state index in [9.17, 15) is 9.18 Å². The van der Waals surface area contributed by atoms with E-state index in [1.54, 1.807) is 6.07 Å². The summed E-state index contributed by atoms with van der Waals surface area (Å²) in [5.74, 6) is -0.770. The largest absolute Gasteiger partial charge is 0.319 e. The molecule has 16 heavy (non-hydrogen) atoms. The minimum Gasteiger partial charge on any atom is -0.319 e. The van der Waals surface area contributed by atoms with Crippen molar-refractivity contribution in [2.24, 2.45) is 5.73 Å². The first kappa shape index (κ1) is 11.7. The lowest BCUT2D eigenvalue weighted by Crippen LogP contribution is -2.45. The summed E-state index contributed by atoms with van der Waals surface area (Å²) in [5.41, 5.74) is 5.26. The molecule has 4 heteroatoms. The Hall–Kier alpha value is -0.740. The molecule has 1 aromatic carbocycles. The molecule has 1 fully saturated rings. The molecule has 1 aliphatic carbocycles. The van der Waals surface area contributed by atoms with E-state index in [0.717, 1.165) is 12.8 Å². The topological polar surface area (TPSA) is 43.1 Å². The molecule has 0 amide bonds. The van der Waals surface area contributed by atoms with Crippen molar-refractivity contribution in [3.05, 3.63) is 34.1 Å². The Morgan fingerprint density at radius 2 is 2.00 bits per heavy atom. The number of nitrogens with two attached hydrogens (primary N) is 1. The van der Waals surface area contributed by atoms with Crippen LogP contribution in [0.4, 0.5) is 4.39 Å². The van der Waals surface area contributed by atoms with E-state index in [2.05, 4.69) is 15.9 Å². The van der Waals surface area contributed by atoms with Gasteiger partial charge in [0.05, 0.1) is 11.1 Å². The molecule has 0 unspecified atom stereocenters. The molecule has 1 saturated carbocycles.